The Morgan fingerprint density at radius 3 is 2.54 bits per heavy atom. The SMILES string of the molecule is CCCCOC(CC)CCC#N.[Ti]. The van der Waals surface area contributed by atoms with E-state index in [1.807, 2.05) is 0 Å². The predicted molar refractivity (Wildman–Crippen MR) is 49.8 cm³/mol. The van der Waals surface area contributed by atoms with Gasteiger partial charge in [0.05, 0.1) is 12.2 Å². The fourth-order valence-electron chi connectivity index (χ4n) is 1.03. The molecule has 3 heteroatoms. The van der Waals surface area contributed by atoms with E-state index in [1.54, 1.807) is 0 Å². The first-order valence-electron chi connectivity index (χ1n) is 4.83. The van der Waals surface area contributed by atoms with E-state index < -0.39 is 0 Å². The molecule has 0 aromatic carbocycles. The van der Waals surface area contributed by atoms with Gasteiger partial charge >= 0.3 is 0 Å². The van der Waals surface area contributed by atoms with Crippen LogP contribution >= 0.6 is 0 Å². The summed E-state index contributed by atoms with van der Waals surface area (Å²) in [5, 5.41) is 8.38. The Balaban J connectivity index is 0. The van der Waals surface area contributed by atoms with Gasteiger partial charge in [-0.2, -0.15) is 5.26 Å². The van der Waals surface area contributed by atoms with Crippen LogP contribution in [0.4, 0.5) is 0 Å². The molecule has 0 bridgehead atoms. The van der Waals surface area contributed by atoms with Crippen LogP contribution in [0.5, 0.6) is 0 Å². The van der Waals surface area contributed by atoms with E-state index in [9.17, 15) is 0 Å². The number of nitrogens with zero attached hydrogens (tertiary/aromatic N) is 1. The summed E-state index contributed by atoms with van der Waals surface area (Å²) in [5.74, 6) is 0. The van der Waals surface area contributed by atoms with Crippen LogP contribution in [0.2, 0.25) is 0 Å². The van der Waals surface area contributed by atoms with Crippen LogP contribution in [0.1, 0.15) is 46.0 Å². The molecule has 2 nitrogen and oxygen atoms in total. The normalized spacial score (nSPS) is 11.5. The molecule has 0 saturated carbocycles. The third kappa shape index (κ3) is 10.1. The van der Waals surface area contributed by atoms with Gasteiger partial charge in [0.1, 0.15) is 0 Å². The minimum Gasteiger partial charge on any atom is -0.378 e. The van der Waals surface area contributed by atoms with Crippen LogP contribution in [0, 0.1) is 11.3 Å². The molecule has 0 aliphatic carbocycles. The van der Waals surface area contributed by atoms with Crippen molar-refractivity contribution < 1.29 is 26.5 Å². The van der Waals surface area contributed by atoms with Crippen LogP contribution in [-0.4, -0.2) is 12.7 Å². The second kappa shape index (κ2) is 12.2. The molecule has 74 valence electrons. The van der Waals surface area contributed by atoms with Crippen LogP contribution in [0.15, 0.2) is 0 Å². The largest absolute Gasteiger partial charge is 0.378 e. The molecule has 0 heterocycles. The first-order chi connectivity index (χ1) is 5.85. The zero-order valence-corrected chi connectivity index (χ0v) is 10.2. The number of ether oxygens (including phenoxy) is 1. The number of unbranched alkanes of at least 4 members (excludes halogenated alkanes) is 1. The average Bonchev–Trinajstić information content (AvgIpc) is 2.11. The van der Waals surface area contributed by atoms with Gasteiger partial charge < -0.3 is 4.74 Å². The van der Waals surface area contributed by atoms with Crippen molar-refractivity contribution in [2.45, 2.75) is 52.1 Å². The number of hydrogen-bond acceptors (Lipinski definition) is 2. The van der Waals surface area contributed by atoms with Gasteiger partial charge in [0.25, 0.3) is 0 Å². The van der Waals surface area contributed by atoms with Gasteiger partial charge in [-0.1, -0.05) is 20.3 Å². The summed E-state index contributed by atoms with van der Waals surface area (Å²) in [7, 11) is 0. The van der Waals surface area contributed by atoms with Gasteiger partial charge in [-0.3, -0.25) is 0 Å². The number of rotatable bonds is 7. The molecule has 0 aliphatic rings. The summed E-state index contributed by atoms with van der Waals surface area (Å²) in [4.78, 5) is 0. The van der Waals surface area contributed by atoms with Crippen molar-refractivity contribution in [3.8, 4) is 6.07 Å². The van der Waals surface area contributed by atoms with Gasteiger partial charge in [0.2, 0.25) is 0 Å². The van der Waals surface area contributed by atoms with Crippen LogP contribution in [0.3, 0.4) is 0 Å². The molecule has 0 radical (unpaired) electrons. The molecular weight excluding hydrogens is 198 g/mol. The van der Waals surface area contributed by atoms with Gasteiger partial charge in [0.15, 0.2) is 0 Å². The maximum atomic E-state index is 8.38. The molecule has 0 aromatic heterocycles. The Morgan fingerprint density at radius 2 is 2.08 bits per heavy atom. The smallest absolute Gasteiger partial charge is 0.0622 e. The molecular formula is C10H19NOTi. The van der Waals surface area contributed by atoms with E-state index in [1.165, 1.54) is 6.42 Å². The summed E-state index contributed by atoms with van der Waals surface area (Å²) in [6.45, 7) is 5.11. The van der Waals surface area contributed by atoms with Crippen LogP contribution in [-0.2, 0) is 26.5 Å². The monoisotopic (exact) mass is 217 g/mol. The summed E-state index contributed by atoms with van der Waals surface area (Å²) < 4.78 is 5.58. The Labute approximate surface area is 96.5 Å². The second-order valence-electron chi connectivity index (χ2n) is 2.95. The van der Waals surface area contributed by atoms with Crippen molar-refractivity contribution in [3.63, 3.8) is 0 Å². The maximum Gasteiger partial charge on any atom is 0.0622 e. The second-order valence-corrected chi connectivity index (χ2v) is 2.95. The number of nitriles is 1. The predicted octanol–water partition coefficient (Wildman–Crippen LogP) is 2.88. The van der Waals surface area contributed by atoms with E-state index in [-0.39, 0.29) is 21.7 Å². The van der Waals surface area contributed by atoms with Gasteiger partial charge in [-0.15, -0.1) is 0 Å². The van der Waals surface area contributed by atoms with E-state index >= 15 is 0 Å². The Hall–Kier alpha value is 0.164. The summed E-state index contributed by atoms with van der Waals surface area (Å²) in [5.41, 5.74) is 0. The van der Waals surface area contributed by atoms with Crippen molar-refractivity contribution in [2.24, 2.45) is 0 Å². The fraction of sp³-hybridized carbons (Fsp3) is 0.900. The van der Waals surface area contributed by atoms with Crippen molar-refractivity contribution in [1.82, 2.24) is 0 Å². The molecule has 1 unspecified atom stereocenters. The van der Waals surface area contributed by atoms with Gasteiger partial charge in [0, 0.05) is 34.7 Å². The standard InChI is InChI=1S/C10H19NO.Ti/c1-3-5-9-12-10(4-2)7-6-8-11;/h10H,3-7,9H2,1-2H3;. The molecule has 0 aromatic rings. The molecule has 0 aliphatic heterocycles. The molecule has 0 amide bonds. The Bertz CT molecular complexity index is 133. The first-order valence-corrected chi connectivity index (χ1v) is 4.83. The van der Waals surface area contributed by atoms with Gasteiger partial charge in [-0.05, 0) is 19.3 Å². The van der Waals surface area contributed by atoms with Crippen LogP contribution < -0.4 is 0 Å². The topological polar surface area (TPSA) is 33.0 Å². The quantitative estimate of drug-likeness (QED) is 0.485. The molecule has 13 heavy (non-hydrogen) atoms. The zero-order chi connectivity index (χ0) is 9.23. The summed E-state index contributed by atoms with van der Waals surface area (Å²) in [6.07, 6.45) is 5.13. The maximum absolute atomic E-state index is 8.38. The molecule has 0 fully saturated rings. The Morgan fingerprint density at radius 1 is 1.38 bits per heavy atom. The first kappa shape index (κ1) is 15.6. The zero-order valence-electron chi connectivity index (χ0n) is 8.68. The molecule has 0 spiro atoms. The van der Waals surface area contributed by atoms with E-state index in [0.29, 0.717) is 12.5 Å². The minimum atomic E-state index is 0. The Kier molecular flexibility index (Phi) is 14.6. The van der Waals surface area contributed by atoms with Gasteiger partial charge in [-0.25, -0.2) is 0 Å². The molecule has 1 atom stereocenters. The van der Waals surface area contributed by atoms with Crippen molar-refractivity contribution >= 4 is 0 Å². The van der Waals surface area contributed by atoms with Crippen molar-refractivity contribution in [1.29, 1.82) is 5.26 Å². The molecule has 0 rings (SSSR count). The minimum absolute atomic E-state index is 0. The summed E-state index contributed by atoms with van der Waals surface area (Å²) in [6, 6.07) is 2.14. The third-order valence-corrected chi connectivity index (χ3v) is 1.88. The molecule has 0 N–H and O–H groups in total. The van der Waals surface area contributed by atoms with Crippen molar-refractivity contribution in [3.05, 3.63) is 0 Å². The third-order valence-electron chi connectivity index (χ3n) is 1.88. The van der Waals surface area contributed by atoms with Crippen molar-refractivity contribution in [2.75, 3.05) is 6.61 Å². The van der Waals surface area contributed by atoms with E-state index in [0.717, 1.165) is 25.9 Å². The van der Waals surface area contributed by atoms with E-state index in [4.69, 9.17) is 10.00 Å². The number of hydrogen-bond donors (Lipinski definition) is 0. The van der Waals surface area contributed by atoms with E-state index in [2.05, 4.69) is 19.9 Å². The molecule has 0 saturated heterocycles. The average molecular weight is 217 g/mol. The summed E-state index contributed by atoms with van der Waals surface area (Å²) >= 11 is 0. The van der Waals surface area contributed by atoms with Crippen LogP contribution in [0.25, 0.3) is 0 Å². The fourth-order valence-corrected chi connectivity index (χ4v) is 1.03.